The molecule has 0 heterocycles. The lowest BCUT2D eigenvalue weighted by Gasteiger charge is -2.06. The first kappa shape index (κ1) is 13.8. The molecule has 0 aliphatic heterocycles. The van der Waals surface area contributed by atoms with Gasteiger partial charge in [0.25, 0.3) is 0 Å². The summed E-state index contributed by atoms with van der Waals surface area (Å²) >= 11 is 6.20. The normalized spacial score (nSPS) is 12.1. The Morgan fingerprint density at radius 1 is 1.41 bits per heavy atom. The SMILES string of the molecule is C=C/C(=C\C=C/C)Cc1ccc(CC)c(Cl)c1. The van der Waals surface area contributed by atoms with E-state index in [9.17, 15) is 0 Å². The second-order valence-electron chi connectivity index (χ2n) is 3.93. The van der Waals surface area contributed by atoms with Crippen LogP contribution in [0.25, 0.3) is 0 Å². The third-order valence-electron chi connectivity index (χ3n) is 2.67. The molecule has 0 bridgehead atoms. The van der Waals surface area contributed by atoms with Crippen LogP contribution < -0.4 is 0 Å². The third kappa shape index (κ3) is 4.24. The third-order valence-corrected chi connectivity index (χ3v) is 3.02. The molecule has 0 atom stereocenters. The number of hydrogen-bond acceptors (Lipinski definition) is 0. The van der Waals surface area contributed by atoms with E-state index in [1.165, 1.54) is 16.7 Å². The quantitative estimate of drug-likeness (QED) is 0.632. The second-order valence-corrected chi connectivity index (χ2v) is 4.33. The van der Waals surface area contributed by atoms with E-state index in [2.05, 4.69) is 31.7 Å². The van der Waals surface area contributed by atoms with Crippen molar-refractivity contribution in [1.82, 2.24) is 0 Å². The average molecular weight is 247 g/mol. The first-order chi connectivity index (χ1) is 8.21. The summed E-state index contributed by atoms with van der Waals surface area (Å²) in [5.41, 5.74) is 3.62. The maximum Gasteiger partial charge on any atom is 0.0440 e. The highest BCUT2D eigenvalue weighted by Gasteiger charge is 2.01. The van der Waals surface area contributed by atoms with Crippen molar-refractivity contribution in [3.8, 4) is 0 Å². The van der Waals surface area contributed by atoms with Gasteiger partial charge in [-0.2, -0.15) is 0 Å². The molecule has 0 aromatic heterocycles. The fourth-order valence-electron chi connectivity index (χ4n) is 1.64. The summed E-state index contributed by atoms with van der Waals surface area (Å²) in [5, 5.41) is 0.861. The van der Waals surface area contributed by atoms with Crippen LogP contribution in [0.5, 0.6) is 0 Å². The van der Waals surface area contributed by atoms with Gasteiger partial charge < -0.3 is 0 Å². The summed E-state index contributed by atoms with van der Waals surface area (Å²) in [6.45, 7) is 7.95. The fraction of sp³-hybridized carbons (Fsp3) is 0.250. The number of hydrogen-bond donors (Lipinski definition) is 0. The van der Waals surface area contributed by atoms with E-state index < -0.39 is 0 Å². The minimum absolute atomic E-state index is 0.861. The maximum atomic E-state index is 6.20. The molecule has 90 valence electrons. The van der Waals surface area contributed by atoms with Gasteiger partial charge in [-0.15, -0.1) is 0 Å². The van der Waals surface area contributed by atoms with E-state index in [0.717, 1.165) is 17.9 Å². The zero-order valence-electron chi connectivity index (χ0n) is 10.5. The van der Waals surface area contributed by atoms with Gasteiger partial charge in [-0.05, 0) is 42.5 Å². The molecule has 0 aliphatic carbocycles. The molecular formula is C16H19Cl. The van der Waals surface area contributed by atoms with Crippen molar-refractivity contribution in [3.63, 3.8) is 0 Å². The van der Waals surface area contributed by atoms with Crippen molar-refractivity contribution < 1.29 is 0 Å². The smallest absolute Gasteiger partial charge is 0.0440 e. The molecule has 0 spiro atoms. The lowest BCUT2D eigenvalue weighted by molar-refractivity contribution is 1.12. The number of benzene rings is 1. The fourth-order valence-corrected chi connectivity index (χ4v) is 1.98. The Morgan fingerprint density at radius 3 is 2.71 bits per heavy atom. The van der Waals surface area contributed by atoms with Gasteiger partial charge in [0.15, 0.2) is 0 Å². The molecule has 1 aromatic rings. The molecule has 0 saturated carbocycles. The Balaban J connectivity index is 2.87. The number of allylic oxidation sites excluding steroid dienone is 5. The Bertz CT molecular complexity index is 439. The van der Waals surface area contributed by atoms with E-state index in [0.29, 0.717) is 0 Å². The number of rotatable bonds is 5. The van der Waals surface area contributed by atoms with E-state index in [1.807, 2.05) is 31.2 Å². The van der Waals surface area contributed by atoms with Gasteiger partial charge in [0, 0.05) is 5.02 Å². The highest BCUT2D eigenvalue weighted by atomic mass is 35.5. The topological polar surface area (TPSA) is 0 Å². The minimum atomic E-state index is 0.861. The molecule has 0 unspecified atom stereocenters. The van der Waals surface area contributed by atoms with E-state index >= 15 is 0 Å². The second kappa shape index (κ2) is 7.13. The van der Waals surface area contributed by atoms with Crippen molar-refractivity contribution in [2.75, 3.05) is 0 Å². The van der Waals surface area contributed by atoms with Gasteiger partial charge in [0.1, 0.15) is 0 Å². The molecule has 1 heteroatoms. The van der Waals surface area contributed by atoms with Crippen molar-refractivity contribution in [2.45, 2.75) is 26.7 Å². The van der Waals surface area contributed by atoms with Crippen LogP contribution in [0.2, 0.25) is 5.02 Å². The number of halogens is 1. The first-order valence-electron chi connectivity index (χ1n) is 5.92. The van der Waals surface area contributed by atoms with Crippen LogP contribution in [-0.4, -0.2) is 0 Å². The summed E-state index contributed by atoms with van der Waals surface area (Å²) in [4.78, 5) is 0. The zero-order chi connectivity index (χ0) is 12.7. The van der Waals surface area contributed by atoms with E-state index in [-0.39, 0.29) is 0 Å². The van der Waals surface area contributed by atoms with Crippen LogP contribution in [0, 0.1) is 0 Å². The van der Waals surface area contributed by atoms with Crippen LogP contribution in [0.15, 0.2) is 54.7 Å². The Morgan fingerprint density at radius 2 is 2.18 bits per heavy atom. The van der Waals surface area contributed by atoms with Crippen LogP contribution in [-0.2, 0) is 12.8 Å². The van der Waals surface area contributed by atoms with E-state index in [4.69, 9.17) is 11.6 Å². The molecule has 1 aromatic carbocycles. The molecule has 0 amide bonds. The molecule has 0 fully saturated rings. The van der Waals surface area contributed by atoms with Crippen molar-refractivity contribution in [2.24, 2.45) is 0 Å². The van der Waals surface area contributed by atoms with Gasteiger partial charge in [-0.3, -0.25) is 0 Å². The summed E-state index contributed by atoms with van der Waals surface area (Å²) in [7, 11) is 0. The monoisotopic (exact) mass is 246 g/mol. The summed E-state index contributed by atoms with van der Waals surface area (Å²) in [5.74, 6) is 0. The van der Waals surface area contributed by atoms with Gasteiger partial charge in [0.2, 0.25) is 0 Å². The van der Waals surface area contributed by atoms with Crippen LogP contribution >= 0.6 is 11.6 Å². The standard InChI is InChI=1S/C16H19Cl/c1-4-7-8-13(5-2)11-14-9-10-15(6-3)16(17)12-14/h4-5,7-10,12H,2,6,11H2,1,3H3/b7-4-,13-8+. The van der Waals surface area contributed by atoms with Crippen LogP contribution in [0.1, 0.15) is 25.0 Å². The predicted molar refractivity (Wildman–Crippen MR) is 77.6 cm³/mol. The first-order valence-corrected chi connectivity index (χ1v) is 6.30. The van der Waals surface area contributed by atoms with Gasteiger partial charge >= 0.3 is 0 Å². The number of aryl methyl sites for hydroxylation is 1. The maximum absolute atomic E-state index is 6.20. The average Bonchev–Trinajstić information content (AvgIpc) is 2.34. The highest BCUT2D eigenvalue weighted by molar-refractivity contribution is 6.31. The predicted octanol–water partition coefficient (Wildman–Crippen LogP) is 5.13. The molecule has 0 aliphatic rings. The van der Waals surface area contributed by atoms with Crippen molar-refractivity contribution in [3.05, 3.63) is 70.8 Å². The Labute approximate surface area is 109 Å². The summed E-state index contributed by atoms with van der Waals surface area (Å²) in [6, 6.07) is 6.29. The largest absolute Gasteiger partial charge is 0.0988 e. The van der Waals surface area contributed by atoms with E-state index in [1.54, 1.807) is 0 Å². The van der Waals surface area contributed by atoms with Crippen molar-refractivity contribution >= 4 is 11.6 Å². The van der Waals surface area contributed by atoms with Gasteiger partial charge in [-0.1, -0.05) is 61.5 Å². The zero-order valence-corrected chi connectivity index (χ0v) is 11.3. The van der Waals surface area contributed by atoms with Crippen LogP contribution in [0.4, 0.5) is 0 Å². The molecule has 0 N–H and O–H groups in total. The summed E-state index contributed by atoms with van der Waals surface area (Å²) < 4.78 is 0. The lowest BCUT2D eigenvalue weighted by atomic mass is 10.0. The molecule has 1 rings (SSSR count). The van der Waals surface area contributed by atoms with Crippen molar-refractivity contribution in [1.29, 1.82) is 0 Å². The molecule has 0 saturated heterocycles. The van der Waals surface area contributed by atoms with Crippen LogP contribution in [0.3, 0.4) is 0 Å². The highest BCUT2D eigenvalue weighted by Crippen LogP contribution is 2.20. The molecule has 0 radical (unpaired) electrons. The molecular weight excluding hydrogens is 228 g/mol. The Kier molecular flexibility index (Phi) is 5.79. The van der Waals surface area contributed by atoms with Gasteiger partial charge in [-0.25, -0.2) is 0 Å². The minimum Gasteiger partial charge on any atom is -0.0988 e. The Hall–Kier alpha value is -1.27. The summed E-state index contributed by atoms with van der Waals surface area (Å²) in [6.07, 6.45) is 9.85. The molecule has 17 heavy (non-hydrogen) atoms. The lowest BCUT2D eigenvalue weighted by Crippen LogP contribution is -1.90. The molecule has 0 nitrogen and oxygen atoms in total. The van der Waals surface area contributed by atoms with Gasteiger partial charge in [0.05, 0.1) is 0 Å².